The van der Waals surface area contributed by atoms with Crippen LogP contribution in [0.25, 0.3) is 0 Å². The molecule has 0 aromatic heterocycles. The van der Waals surface area contributed by atoms with Gasteiger partial charge < -0.3 is 0 Å². The van der Waals surface area contributed by atoms with Crippen LogP contribution in [0, 0.1) is 5.41 Å². The smallest absolute Gasteiger partial charge is 0.280 e. The van der Waals surface area contributed by atoms with Crippen LogP contribution in [0.4, 0.5) is 0 Å². The van der Waals surface area contributed by atoms with Crippen molar-refractivity contribution in [1.82, 2.24) is 0 Å². The van der Waals surface area contributed by atoms with Gasteiger partial charge in [0.15, 0.2) is 0 Å². The quantitative estimate of drug-likeness (QED) is 0.417. The third-order valence-corrected chi connectivity index (χ3v) is 2.34. The van der Waals surface area contributed by atoms with E-state index in [4.69, 9.17) is 23.4 Å². The van der Waals surface area contributed by atoms with Gasteiger partial charge in [0.25, 0.3) is 5.91 Å². The van der Waals surface area contributed by atoms with Crippen LogP contribution >= 0.6 is 23.4 Å². The summed E-state index contributed by atoms with van der Waals surface area (Å²) in [5.41, 5.74) is -1.44. The molecule has 0 radical (unpaired) electrons. The van der Waals surface area contributed by atoms with Gasteiger partial charge >= 0.3 is 0 Å². The molecule has 0 saturated heterocycles. The maximum atomic E-state index is 11.4. The number of amides is 1. The summed E-state index contributed by atoms with van der Waals surface area (Å²) in [6.07, 6.45) is 6.51. The van der Waals surface area contributed by atoms with Crippen LogP contribution in [0.3, 0.4) is 0 Å². The highest BCUT2D eigenvalue weighted by Crippen LogP contribution is 2.32. The molecule has 0 heterocycles. The van der Waals surface area contributed by atoms with Crippen molar-refractivity contribution in [2.24, 2.45) is 15.2 Å². The molecule has 1 aliphatic rings. The summed E-state index contributed by atoms with van der Waals surface area (Å²) >= 11 is 10.3. The van der Waals surface area contributed by atoms with Gasteiger partial charge in [-0.15, -0.1) is 0 Å². The average Bonchev–Trinajstić information content (AvgIpc) is 2.19. The molecule has 4 nitrogen and oxygen atoms in total. The molecule has 0 bridgehead atoms. The second kappa shape index (κ2) is 4.48. The molecule has 0 spiro atoms. The molecule has 74 valence electrons. The van der Waals surface area contributed by atoms with Crippen molar-refractivity contribution in [3.63, 3.8) is 0 Å². The fourth-order valence-corrected chi connectivity index (χ4v) is 1.42. The summed E-state index contributed by atoms with van der Waals surface area (Å²) in [5.74, 6) is -0.756. The highest BCUT2D eigenvalue weighted by atomic mass is 35.5. The van der Waals surface area contributed by atoms with E-state index in [1.54, 1.807) is 18.2 Å². The summed E-state index contributed by atoms with van der Waals surface area (Å²) in [6.45, 7) is 0. The van der Waals surface area contributed by atoms with Crippen LogP contribution in [0.2, 0.25) is 0 Å². The van der Waals surface area contributed by atoms with Crippen molar-refractivity contribution in [3.05, 3.63) is 24.3 Å². The predicted molar refractivity (Wildman–Crippen MR) is 51.9 cm³/mol. The third-order valence-electron chi connectivity index (χ3n) is 1.93. The van der Waals surface area contributed by atoms with E-state index in [0.717, 1.165) is 0 Å². The summed E-state index contributed by atoms with van der Waals surface area (Å²) in [4.78, 5) is 22.6. The van der Waals surface area contributed by atoms with Crippen LogP contribution < -0.4 is 0 Å². The van der Waals surface area contributed by atoms with E-state index in [1.165, 1.54) is 6.08 Å². The lowest BCUT2D eigenvalue weighted by Crippen LogP contribution is -2.34. The fourth-order valence-electron chi connectivity index (χ4n) is 1.13. The minimum atomic E-state index is -1.44. The highest BCUT2D eigenvalue weighted by Gasteiger charge is 2.42. The lowest BCUT2D eigenvalue weighted by molar-refractivity contribution is -0.132. The lowest BCUT2D eigenvalue weighted by Gasteiger charge is -2.21. The Morgan fingerprint density at radius 3 is 2.50 bits per heavy atom. The first-order valence-corrected chi connectivity index (χ1v) is 4.46. The minimum absolute atomic E-state index is 0.181. The van der Waals surface area contributed by atoms with Crippen LogP contribution in [0.1, 0.15) is 6.42 Å². The number of hydrogen-bond donors (Lipinski definition) is 0. The summed E-state index contributed by atoms with van der Waals surface area (Å²) in [7, 11) is 0. The van der Waals surface area contributed by atoms with Gasteiger partial charge in [-0.1, -0.05) is 34.1 Å². The van der Waals surface area contributed by atoms with Crippen molar-refractivity contribution in [2.75, 3.05) is 0 Å². The lowest BCUT2D eigenvalue weighted by atomic mass is 9.82. The van der Waals surface area contributed by atoms with Gasteiger partial charge in [0.2, 0.25) is 5.24 Å². The van der Waals surface area contributed by atoms with Gasteiger partial charge in [-0.05, 0) is 18.0 Å². The van der Waals surface area contributed by atoms with Crippen molar-refractivity contribution >= 4 is 34.5 Å². The maximum absolute atomic E-state index is 11.4. The van der Waals surface area contributed by atoms with Crippen molar-refractivity contribution in [2.45, 2.75) is 6.42 Å². The first kappa shape index (κ1) is 11.1. The standard InChI is InChI=1S/C8H6Cl2N2O2/c9-6(13)8(7(14)11-12-10)4-2-1-3-5-8/h1-4H,5H2. The van der Waals surface area contributed by atoms with Crippen LogP contribution in [-0.4, -0.2) is 11.1 Å². The molecule has 1 unspecified atom stereocenters. The van der Waals surface area contributed by atoms with E-state index in [0.29, 0.717) is 0 Å². The third kappa shape index (κ3) is 1.91. The molecule has 0 saturated carbocycles. The number of hydrogen-bond acceptors (Lipinski definition) is 3. The Kier molecular flexibility index (Phi) is 3.55. The highest BCUT2D eigenvalue weighted by molar-refractivity contribution is 6.67. The first-order chi connectivity index (χ1) is 6.63. The molecule has 14 heavy (non-hydrogen) atoms. The van der Waals surface area contributed by atoms with E-state index in [1.807, 2.05) is 0 Å². The van der Waals surface area contributed by atoms with Gasteiger partial charge in [0.05, 0.1) is 11.8 Å². The van der Waals surface area contributed by atoms with Crippen LogP contribution in [-0.2, 0) is 9.59 Å². The number of carbonyl (C=O) groups excluding carboxylic acids is 2. The summed E-state index contributed by atoms with van der Waals surface area (Å²) in [5, 5.41) is 2.32. The van der Waals surface area contributed by atoms with Crippen LogP contribution in [0.5, 0.6) is 0 Å². The minimum Gasteiger partial charge on any atom is -0.280 e. The molecule has 0 aromatic carbocycles. The van der Waals surface area contributed by atoms with Gasteiger partial charge in [-0.3, -0.25) is 9.59 Å². The van der Waals surface area contributed by atoms with E-state index in [-0.39, 0.29) is 6.42 Å². The van der Waals surface area contributed by atoms with E-state index < -0.39 is 16.6 Å². The number of allylic oxidation sites excluding steroid dienone is 3. The summed E-state index contributed by atoms with van der Waals surface area (Å²) < 4.78 is 2.82. The van der Waals surface area contributed by atoms with E-state index in [9.17, 15) is 9.59 Å². The second-order valence-electron chi connectivity index (χ2n) is 2.72. The molecule has 0 aromatic rings. The SMILES string of the molecule is O=C(Cl)C1(C(=O)N=NCl)C=CC=CC1. The molecule has 1 amide bonds. The zero-order valence-corrected chi connectivity index (χ0v) is 8.50. The van der Waals surface area contributed by atoms with Gasteiger partial charge in [-0.2, -0.15) is 0 Å². The maximum Gasteiger partial charge on any atom is 0.284 e. The Bertz CT molecular complexity index is 349. The molecule has 0 N–H and O–H groups in total. The average molecular weight is 233 g/mol. The second-order valence-corrected chi connectivity index (χ2v) is 3.21. The Labute approximate surface area is 90.4 Å². The Morgan fingerprint density at radius 2 is 2.07 bits per heavy atom. The molecule has 6 heteroatoms. The molecular formula is C8H6Cl2N2O2. The van der Waals surface area contributed by atoms with E-state index >= 15 is 0 Å². The van der Waals surface area contributed by atoms with E-state index in [2.05, 4.69) is 9.75 Å². The number of nitrogens with zero attached hydrogens (tertiary/aromatic N) is 2. The monoisotopic (exact) mass is 232 g/mol. The molecule has 1 aliphatic carbocycles. The predicted octanol–water partition coefficient (Wildman–Crippen LogP) is 2.39. The zero-order valence-electron chi connectivity index (χ0n) is 6.98. The first-order valence-electron chi connectivity index (χ1n) is 3.74. The van der Waals surface area contributed by atoms with Crippen molar-refractivity contribution < 1.29 is 9.59 Å². The number of halogens is 2. The summed E-state index contributed by atoms with van der Waals surface area (Å²) in [6, 6.07) is 0. The molecular weight excluding hydrogens is 227 g/mol. The van der Waals surface area contributed by atoms with Gasteiger partial charge in [0.1, 0.15) is 5.41 Å². The van der Waals surface area contributed by atoms with Crippen LogP contribution in [0.15, 0.2) is 34.1 Å². The largest absolute Gasteiger partial charge is 0.284 e. The Hall–Kier alpha value is -1.00. The molecule has 0 aliphatic heterocycles. The van der Waals surface area contributed by atoms with Gasteiger partial charge in [0, 0.05) is 0 Å². The number of carbonyl (C=O) groups is 2. The van der Waals surface area contributed by atoms with Gasteiger partial charge in [-0.25, -0.2) is 0 Å². The fraction of sp³-hybridized carbons (Fsp3) is 0.250. The normalized spacial score (nSPS) is 25.6. The number of rotatable bonds is 2. The van der Waals surface area contributed by atoms with Crippen molar-refractivity contribution in [3.8, 4) is 0 Å². The molecule has 1 atom stereocenters. The zero-order chi connectivity index (χ0) is 10.6. The Balaban J connectivity index is 3.06. The Morgan fingerprint density at radius 1 is 1.36 bits per heavy atom. The molecule has 1 rings (SSSR count). The van der Waals surface area contributed by atoms with Crippen molar-refractivity contribution in [1.29, 1.82) is 0 Å². The molecule has 0 fully saturated rings. The topological polar surface area (TPSA) is 58.9 Å².